The summed E-state index contributed by atoms with van der Waals surface area (Å²) in [5.41, 5.74) is 0.639. The summed E-state index contributed by atoms with van der Waals surface area (Å²) in [6.45, 7) is 3.30. The van der Waals surface area contributed by atoms with Gasteiger partial charge < -0.3 is 15.0 Å². The standard InChI is InChI=1S/C13H19BrN2O3/c1-2-16-9-10(14)8-11(16)13(19)15-7-5-3-4-6-12(17)18/h8-9H,2-7H2,1H3,(H,15,19)(H,17,18). The van der Waals surface area contributed by atoms with Crippen LogP contribution >= 0.6 is 15.9 Å². The van der Waals surface area contributed by atoms with E-state index in [1.165, 1.54) is 0 Å². The fraction of sp³-hybridized carbons (Fsp3) is 0.538. The Morgan fingerprint density at radius 2 is 2.11 bits per heavy atom. The second kappa shape index (κ2) is 7.99. The van der Waals surface area contributed by atoms with E-state index in [-0.39, 0.29) is 12.3 Å². The van der Waals surface area contributed by atoms with E-state index in [1.807, 2.05) is 17.7 Å². The van der Waals surface area contributed by atoms with Crippen LogP contribution in [0.15, 0.2) is 16.7 Å². The number of carboxylic acid groups (broad SMARTS) is 1. The highest BCUT2D eigenvalue weighted by Crippen LogP contribution is 2.14. The van der Waals surface area contributed by atoms with Crippen LogP contribution in [0.25, 0.3) is 0 Å². The Hall–Kier alpha value is -1.30. The molecule has 0 aliphatic carbocycles. The lowest BCUT2D eigenvalue weighted by Gasteiger charge is -2.07. The van der Waals surface area contributed by atoms with Crippen molar-refractivity contribution in [2.24, 2.45) is 0 Å². The van der Waals surface area contributed by atoms with Crippen LogP contribution in [0.5, 0.6) is 0 Å². The molecule has 1 heterocycles. The number of carbonyl (C=O) groups is 2. The maximum Gasteiger partial charge on any atom is 0.303 e. The van der Waals surface area contributed by atoms with E-state index in [9.17, 15) is 9.59 Å². The van der Waals surface area contributed by atoms with E-state index in [2.05, 4.69) is 21.2 Å². The van der Waals surface area contributed by atoms with E-state index in [0.29, 0.717) is 18.7 Å². The van der Waals surface area contributed by atoms with Crippen LogP contribution in [0.4, 0.5) is 0 Å². The summed E-state index contributed by atoms with van der Waals surface area (Å²) in [5.74, 6) is -0.861. The molecular formula is C13H19BrN2O3. The molecule has 2 N–H and O–H groups in total. The zero-order valence-corrected chi connectivity index (χ0v) is 12.6. The Balaban J connectivity index is 2.29. The number of aliphatic carboxylic acids is 1. The molecule has 0 radical (unpaired) electrons. The van der Waals surface area contributed by atoms with E-state index < -0.39 is 5.97 Å². The van der Waals surface area contributed by atoms with Gasteiger partial charge in [-0.3, -0.25) is 9.59 Å². The number of unbranched alkanes of at least 4 members (excludes halogenated alkanes) is 2. The average Bonchev–Trinajstić information content (AvgIpc) is 2.74. The summed E-state index contributed by atoms with van der Waals surface area (Å²) < 4.78 is 2.77. The van der Waals surface area contributed by atoms with Crippen LogP contribution in [-0.4, -0.2) is 28.1 Å². The predicted molar refractivity (Wildman–Crippen MR) is 76.2 cm³/mol. The lowest BCUT2D eigenvalue weighted by molar-refractivity contribution is -0.137. The van der Waals surface area contributed by atoms with Gasteiger partial charge in [-0.1, -0.05) is 6.42 Å². The Bertz CT molecular complexity index is 443. The van der Waals surface area contributed by atoms with E-state index >= 15 is 0 Å². The van der Waals surface area contributed by atoms with E-state index in [4.69, 9.17) is 5.11 Å². The van der Waals surface area contributed by atoms with E-state index in [0.717, 1.165) is 23.9 Å². The van der Waals surface area contributed by atoms with Gasteiger partial charge in [-0.2, -0.15) is 0 Å². The number of nitrogens with zero attached hydrogens (tertiary/aromatic N) is 1. The first-order valence-corrected chi connectivity index (χ1v) is 7.19. The molecule has 0 atom stereocenters. The molecule has 1 aromatic rings. The van der Waals surface area contributed by atoms with Crippen LogP contribution in [0.1, 0.15) is 43.1 Å². The summed E-state index contributed by atoms with van der Waals surface area (Å²) in [4.78, 5) is 22.3. The van der Waals surface area contributed by atoms with E-state index in [1.54, 1.807) is 6.07 Å². The lowest BCUT2D eigenvalue weighted by atomic mass is 10.2. The van der Waals surface area contributed by atoms with Crippen molar-refractivity contribution in [3.63, 3.8) is 0 Å². The second-order valence-electron chi connectivity index (χ2n) is 4.29. The third kappa shape index (κ3) is 5.46. The normalized spacial score (nSPS) is 10.4. The monoisotopic (exact) mass is 330 g/mol. The van der Waals surface area contributed by atoms with Gasteiger partial charge in [-0.15, -0.1) is 0 Å². The van der Waals surface area contributed by atoms with Gasteiger partial charge in [0, 0.05) is 30.2 Å². The van der Waals surface area contributed by atoms with Crippen molar-refractivity contribution in [2.45, 2.75) is 39.2 Å². The molecule has 0 saturated heterocycles. The second-order valence-corrected chi connectivity index (χ2v) is 5.21. The number of amides is 1. The molecule has 0 aromatic carbocycles. The molecule has 6 heteroatoms. The van der Waals surface area contributed by atoms with Gasteiger partial charge in [0.15, 0.2) is 0 Å². The Kier molecular flexibility index (Phi) is 6.62. The number of nitrogens with one attached hydrogen (secondary N) is 1. The molecule has 1 aromatic heterocycles. The van der Waals surface area contributed by atoms with Crippen LogP contribution in [0, 0.1) is 0 Å². The van der Waals surface area contributed by atoms with Crippen molar-refractivity contribution in [3.8, 4) is 0 Å². The third-order valence-corrected chi connectivity index (χ3v) is 3.22. The topological polar surface area (TPSA) is 71.3 Å². The first-order chi connectivity index (χ1) is 9.04. The van der Waals surface area contributed by atoms with Crippen LogP contribution in [0.3, 0.4) is 0 Å². The Labute approximate surface area is 121 Å². The minimum atomic E-state index is -0.769. The predicted octanol–water partition coefficient (Wildman–Crippen LogP) is 2.65. The maximum atomic E-state index is 11.9. The molecule has 0 saturated carbocycles. The molecule has 106 valence electrons. The molecule has 0 fully saturated rings. The molecular weight excluding hydrogens is 312 g/mol. The van der Waals surface area contributed by atoms with Crippen molar-refractivity contribution in [2.75, 3.05) is 6.54 Å². The number of carboxylic acids is 1. The summed E-state index contributed by atoms with van der Waals surface area (Å²) in [6.07, 6.45) is 4.33. The van der Waals surface area contributed by atoms with Gasteiger partial charge in [0.2, 0.25) is 0 Å². The van der Waals surface area contributed by atoms with Crippen molar-refractivity contribution in [1.29, 1.82) is 0 Å². The molecule has 0 unspecified atom stereocenters. The average molecular weight is 331 g/mol. The minimum Gasteiger partial charge on any atom is -0.481 e. The molecule has 1 rings (SSSR count). The van der Waals surface area contributed by atoms with Gasteiger partial charge in [0.05, 0.1) is 0 Å². The fourth-order valence-electron chi connectivity index (χ4n) is 1.80. The van der Waals surface area contributed by atoms with Crippen molar-refractivity contribution >= 4 is 27.8 Å². The summed E-state index contributed by atoms with van der Waals surface area (Å²) >= 11 is 3.35. The first-order valence-electron chi connectivity index (χ1n) is 6.40. The highest BCUT2D eigenvalue weighted by Gasteiger charge is 2.11. The summed E-state index contributed by atoms with van der Waals surface area (Å²) in [6, 6.07) is 1.79. The van der Waals surface area contributed by atoms with Gasteiger partial charge in [0.1, 0.15) is 5.69 Å². The van der Waals surface area contributed by atoms with Gasteiger partial charge in [-0.25, -0.2) is 0 Å². The smallest absolute Gasteiger partial charge is 0.303 e. The van der Waals surface area contributed by atoms with Crippen molar-refractivity contribution in [3.05, 3.63) is 22.4 Å². The molecule has 0 aliphatic rings. The quantitative estimate of drug-likeness (QED) is 0.720. The minimum absolute atomic E-state index is 0.0919. The van der Waals surface area contributed by atoms with Gasteiger partial charge >= 0.3 is 5.97 Å². The number of hydrogen-bond donors (Lipinski definition) is 2. The largest absolute Gasteiger partial charge is 0.481 e. The molecule has 5 nitrogen and oxygen atoms in total. The SMILES string of the molecule is CCn1cc(Br)cc1C(=O)NCCCCCC(=O)O. The summed E-state index contributed by atoms with van der Waals surface area (Å²) in [7, 11) is 0. The zero-order valence-electron chi connectivity index (χ0n) is 11.0. The maximum absolute atomic E-state index is 11.9. The van der Waals surface area contributed by atoms with Gasteiger partial charge in [-0.05, 0) is 41.8 Å². The molecule has 0 aliphatic heterocycles. The number of hydrogen-bond acceptors (Lipinski definition) is 2. The van der Waals surface area contributed by atoms with Crippen LogP contribution < -0.4 is 5.32 Å². The van der Waals surface area contributed by atoms with Crippen molar-refractivity contribution < 1.29 is 14.7 Å². The summed E-state index contributed by atoms with van der Waals surface area (Å²) in [5, 5.41) is 11.3. The number of halogens is 1. The molecule has 0 bridgehead atoms. The zero-order chi connectivity index (χ0) is 14.3. The highest BCUT2D eigenvalue weighted by molar-refractivity contribution is 9.10. The van der Waals surface area contributed by atoms with Crippen molar-refractivity contribution in [1.82, 2.24) is 9.88 Å². The number of aryl methyl sites for hydroxylation is 1. The van der Waals surface area contributed by atoms with Gasteiger partial charge in [0.25, 0.3) is 5.91 Å². The molecule has 19 heavy (non-hydrogen) atoms. The Morgan fingerprint density at radius 3 is 2.74 bits per heavy atom. The lowest BCUT2D eigenvalue weighted by Crippen LogP contribution is -2.26. The number of aromatic nitrogens is 1. The Morgan fingerprint density at radius 1 is 1.37 bits per heavy atom. The highest BCUT2D eigenvalue weighted by atomic mass is 79.9. The number of rotatable bonds is 8. The first kappa shape index (κ1) is 15.8. The molecule has 0 spiro atoms. The van der Waals surface area contributed by atoms with Crippen LogP contribution in [0.2, 0.25) is 0 Å². The molecule has 1 amide bonds. The van der Waals surface area contributed by atoms with Crippen LogP contribution in [-0.2, 0) is 11.3 Å². The third-order valence-electron chi connectivity index (χ3n) is 2.79. The fourth-order valence-corrected chi connectivity index (χ4v) is 2.26. The number of carbonyl (C=O) groups excluding carboxylic acids is 1.